The molecular weight excluding hydrogens is 360 g/mol. The summed E-state index contributed by atoms with van der Waals surface area (Å²) in [4.78, 5) is 0. The molecule has 0 N–H and O–H groups in total. The van der Waals surface area contributed by atoms with Crippen LogP contribution < -0.4 is 4.74 Å². The molecule has 1 heterocycles. The van der Waals surface area contributed by atoms with Gasteiger partial charge in [-0.05, 0) is 54.0 Å². The molecule has 0 aliphatic rings. The number of nitrogens with zero attached hydrogens (tertiary/aromatic N) is 2. The van der Waals surface area contributed by atoms with Crippen LogP contribution in [0.2, 0.25) is 0 Å². The van der Waals surface area contributed by atoms with Crippen molar-refractivity contribution < 1.29 is 4.74 Å². The number of ether oxygens (including phenoxy) is 1. The summed E-state index contributed by atoms with van der Waals surface area (Å²) >= 11 is 6.91. The van der Waals surface area contributed by atoms with Gasteiger partial charge in [0, 0.05) is 10.2 Å². The van der Waals surface area contributed by atoms with E-state index in [1.165, 1.54) is 0 Å². The number of rotatable bonds is 4. The maximum Gasteiger partial charge on any atom is 0.119 e. The maximum absolute atomic E-state index is 5.67. The van der Waals surface area contributed by atoms with Gasteiger partial charge in [-0.25, -0.2) is 0 Å². The molecule has 1 aromatic carbocycles. The minimum Gasteiger partial charge on any atom is -0.492 e. The zero-order valence-corrected chi connectivity index (χ0v) is 13.5. The molecule has 0 saturated carbocycles. The van der Waals surface area contributed by atoms with E-state index in [0.717, 1.165) is 32.6 Å². The SMILES string of the molecule is Cc1nn(CCOc2ccc(Br)cc2)c(C)c1Br. The third-order valence-electron chi connectivity index (χ3n) is 2.68. The summed E-state index contributed by atoms with van der Waals surface area (Å²) in [6.45, 7) is 5.39. The minimum atomic E-state index is 0.607. The monoisotopic (exact) mass is 372 g/mol. The van der Waals surface area contributed by atoms with Crippen molar-refractivity contribution in [3.8, 4) is 5.75 Å². The molecule has 2 rings (SSSR count). The lowest BCUT2D eigenvalue weighted by Gasteiger charge is -2.07. The average molecular weight is 374 g/mol. The molecule has 0 saturated heterocycles. The lowest BCUT2D eigenvalue weighted by Crippen LogP contribution is -2.10. The van der Waals surface area contributed by atoms with E-state index in [9.17, 15) is 0 Å². The van der Waals surface area contributed by atoms with Crippen molar-refractivity contribution in [3.05, 3.63) is 44.6 Å². The third kappa shape index (κ3) is 3.14. The lowest BCUT2D eigenvalue weighted by atomic mass is 10.3. The second-order valence-corrected chi connectivity index (χ2v) is 5.72. The number of benzene rings is 1. The highest BCUT2D eigenvalue weighted by Crippen LogP contribution is 2.20. The molecule has 1 aromatic heterocycles. The van der Waals surface area contributed by atoms with Crippen molar-refractivity contribution in [1.29, 1.82) is 0 Å². The highest BCUT2D eigenvalue weighted by molar-refractivity contribution is 9.10. The van der Waals surface area contributed by atoms with Gasteiger partial charge in [0.2, 0.25) is 0 Å². The Bertz CT molecular complexity index is 535. The van der Waals surface area contributed by atoms with E-state index >= 15 is 0 Å². The molecule has 0 bridgehead atoms. The second kappa shape index (κ2) is 5.89. The summed E-state index contributed by atoms with van der Waals surface area (Å²) in [5.41, 5.74) is 2.14. The van der Waals surface area contributed by atoms with Crippen LogP contribution in [0.25, 0.3) is 0 Å². The molecule has 5 heteroatoms. The summed E-state index contributed by atoms with van der Waals surface area (Å²) in [5.74, 6) is 0.874. The van der Waals surface area contributed by atoms with E-state index in [2.05, 4.69) is 37.0 Å². The highest BCUT2D eigenvalue weighted by Gasteiger charge is 2.08. The zero-order valence-electron chi connectivity index (χ0n) is 10.3. The molecule has 0 aliphatic heterocycles. The van der Waals surface area contributed by atoms with Gasteiger partial charge in [0.25, 0.3) is 0 Å². The van der Waals surface area contributed by atoms with Crippen LogP contribution in [0.3, 0.4) is 0 Å². The second-order valence-electron chi connectivity index (χ2n) is 4.01. The van der Waals surface area contributed by atoms with E-state index in [-0.39, 0.29) is 0 Å². The summed E-state index contributed by atoms with van der Waals surface area (Å²) in [5, 5.41) is 4.44. The Morgan fingerprint density at radius 2 is 1.83 bits per heavy atom. The zero-order chi connectivity index (χ0) is 13.1. The molecule has 96 valence electrons. The van der Waals surface area contributed by atoms with Crippen molar-refractivity contribution >= 4 is 31.9 Å². The molecule has 0 radical (unpaired) electrons. The van der Waals surface area contributed by atoms with Gasteiger partial charge < -0.3 is 4.74 Å². The molecule has 0 atom stereocenters. The van der Waals surface area contributed by atoms with Gasteiger partial charge in [-0.15, -0.1) is 0 Å². The molecule has 0 spiro atoms. The Kier molecular flexibility index (Phi) is 4.45. The van der Waals surface area contributed by atoms with Crippen LogP contribution in [0.4, 0.5) is 0 Å². The van der Waals surface area contributed by atoms with Gasteiger partial charge >= 0.3 is 0 Å². The third-order valence-corrected chi connectivity index (χ3v) is 4.35. The first-order valence-electron chi connectivity index (χ1n) is 5.66. The number of halogens is 2. The molecule has 18 heavy (non-hydrogen) atoms. The van der Waals surface area contributed by atoms with Gasteiger partial charge in [0.15, 0.2) is 0 Å². The van der Waals surface area contributed by atoms with E-state index in [0.29, 0.717) is 6.61 Å². The molecule has 2 aromatic rings. The number of aromatic nitrogens is 2. The summed E-state index contributed by atoms with van der Waals surface area (Å²) in [6, 6.07) is 7.83. The van der Waals surface area contributed by atoms with Gasteiger partial charge in [-0.3, -0.25) is 4.68 Å². The number of hydrogen-bond donors (Lipinski definition) is 0. The fourth-order valence-corrected chi connectivity index (χ4v) is 2.22. The Morgan fingerprint density at radius 3 is 2.39 bits per heavy atom. The first-order valence-corrected chi connectivity index (χ1v) is 7.24. The molecule has 0 fully saturated rings. The molecule has 0 amide bonds. The van der Waals surface area contributed by atoms with Crippen LogP contribution in [-0.4, -0.2) is 16.4 Å². The van der Waals surface area contributed by atoms with Crippen LogP contribution >= 0.6 is 31.9 Å². The van der Waals surface area contributed by atoms with Gasteiger partial charge in [-0.1, -0.05) is 15.9 Å². The predicted molar refractivity (Wildman–Crippen MR) is 79.0 cm³/mol. The number of hydrogen-bond acceptors (Lipinski definition) is 2. The minimum absolute atomic E-state index is 0.607. The van der Waals surface area contributed by atoms with Crippen LogP contribution in [0.1, 0.15) is 11.4 Å². The quantitative estimate of drug-likeness (QED) is 0.806. The molecule has 0 unspecified atom stereocenters. The van der Waals surface area contributed by atoms with Crippen LogP contribution in [0.5, 0.6) is 5.75 Å². The van der Waals surface area contributed by atoms with E-state index in [1.807, 2.05) is 42.8 Å². The van der Waals surface area contributed by atoms with E-state index in [4.69, 9.17) is 4.74 Å². The number of aryl methyl sites for hydroxylation is 1. The Hall–Kier alpha value is -0.810. The molecular formula is C13H14Br2N2O. The molecule has 3 nitrogen and oxygen atoms in total. The van der Waals surface area contributed by atoms with Crippen molar-refractivity contribution in [3.63, 3.8) is 0 Å². The average Bonchev–Trinajstić information content (AvgIpc) is 2.60. The Labute approximate surface area is 123 Å². The highest BCUT2D eigenvalue weighted by atomic mass is 79.9. The van der Waals surface area contributed by atoms with Crippen molar-refractivity contribution in [2.24, 2.45) is 0 Å². The Balaban J connectivity index is 1.92. The first-order chi connectivity index (χ1) is 8.58. The van der Waals surface area contributed by atoms with Crippen molar-refractivity contribution in [2.45, 2.75) is 20.4 Å². The van der Waals surface area contributed by atoms with Crippen LogP contribution in [0, 0.1) is 13.8 Å². The first kappa shape index (κ1) is 13.6. The van der Waals surface area contributed by atoms with Gasteiger partial charge in [0.1, 0.15) is 12.4 Å². The van der Waals surface area contributed by atoms with Crippen LogP contribution in [0.15, 0.2) is 33.2 Å². The normalized spacial score (nSPS) is 10.7. The predicted octanol–water partition coefficient (Wildman–Crippen LogP) is 4.10. The largest absolute Gasteiger partial charge is 0.492 e. The van der Waals surface area contributed by atoms with Crippen LogP contribution in [-0.2, 0) is 6.54 Å². The topological polar surface area (TPSA) is 27.1 Å². The maximum atomic E-state index is 5.67. The van der Waals surface area contributed by atoms with Crippen molar-refractivity contribution in [1.82, 2.24) is 9.78 Å². The smallest absolute Gasteiger partial charge is 0.119 e. The van der Waals surface area contributed by atoms with Crippen molar-refractivity contribution in [2.75, 3.05) is 6.61 Å². The lowest BCUT2D eigenvalue weighted by molar-refractivity contribution is 0.289. The standard InChI is InChI=1S/C13H14Br2N2O/c1-9-13(15)10(2)17(16-9)7-8-18-12-5-3-11(14)4-6-12/h3-6H,7-8H2,1-2H3. The molecule has 0 aliphatic carbocycles. The van der Waals surface area contributed by atoms with E-state index < -0.39 is 0 Å². The van der Waals surface area contributed by atoms with Gasteiger partial charge in [-0.2, -0.15) is 5.10 Å². The Morgan fingerprint density at radius 1 is 1.17 bits per heavy atom. The van der Waals surface area contributed by atoms with E-state index in [1.54, 1.807) is 0 Å². The fourth-order valence-electron chi connectivity index (χ4n) is 1.67. The fraction of sp³-hybridized carbons (Fsp3) is 0.308. The summed E-state index contributed by atoms with van der Waals surface area (Å²) in [7, 11) is 0. The summed E-state index contributed by atoms with van der Waals surface area (Å²) < 4.78 is 9.76. The summed E-state index contributed by atoms with van der Waals surface area (Å²) in [6.07, 6.45) is 0. The van der Waals surface area contributed by atoms with Gasteiger partial charge in [0.05, 0.1) is 16.7 Å².